The largest absolute Gasteiger partial charge is 0.361 e. The smallest absolute Gasteiger partial charge is 0.224 e. The fourth-order valence-electron chi connectivity index (χ4n) is 3.45. The summed E-state index contributed by atoms with van der Waals surface area (Å²) in [6.45, 7) is 3.83. The van der Waals surface area contributed by atoms with Crippen molar-refractivity contribution in [1.82, 2.24) is 4.98 Å². The normalized spacial score (nSPS) is 12.2. The van der Waals surface area contributed by atoms with E-state index in [0.717, 1.165) is 30.5 Å². The third-order valence-corrected chi connectivity index (χ3v) is 4.49. The SMILES string of the molecule is CCCC(Cc1c[nH]c2ccccc12)N(C(C)=O)c1ccccc1. The zero-order valence-corrected chi connectivity index (χ0v) is 14.3. The molecule has 1 atom stereocenters. The molecule has 3 heteroatoms. The molecule has 1 amide bonds. The van der Waals surface area contributed by atoms with Crippen LogP contribution < -0.4 is 4.90 Å². The molecule has 124 valence electrons. The number of H-pyrrole nitrogens is 1. The summed E-state index contributed by atoms with van der Waals surface area (Å²) in [7, 11) is 0. The minimum absolute atomic E-state index is 0.0968. The second-order valence-electron chi connectivity index (χ2n) is 6.23. The van der Waals surface area contributed by atoms with Crippen LogP contribution in [-0.2, 0) is 11.2 Å². The van der Waals surface area contributed by atoms with Gasteiger partial charge in [-0.2, -0.15) is 0 Å². The Morgan fingerprint density at radius 2 is 1.79 bits per heavy atom. The van der Waals surface area contributed by atoms with Gasteiger partial charge in [-0.1, -0.05) is 49.7 Å². The number of aromatic amines is 1. The fraction of sp³-hybridized carbons (Fsp3) is 0.286. The Labute approximate surface area is 143 Å². The Hall–Kier alpha value is -2.55. The number of rotatable bonds is 6. The summed E-state index contributed by atoms with van der Waals surface area (Å²) in [6.07, 6.45) is 4.96. The predicted octanol–water partition coefficient (Wildman–Crippen LogP) is 4.93. The fourth-order valence-corrected chi connectivity index (χ4v) is 3.45. The van der Waals surface area contributed by atoms with E-state index in [-0.39, 0.29) is 11.9 Å². The number of carbonyl (C=O) groups excluding carboxylic acids is 1. The average molecular weight is 320 g/mol. The van der Waals surface area contributed by atoms with Gasteiger partial charge < -0.3 is 9.88 Å². The molecule has 1 unspecified atom stereocenters. The molecule has 0 aliphatic rings. The minimum atomic E-state index is 0.0968. The molecule has 0 saturated carbocycles. The van der Waals surface area contributed by atoms with Crippen LogP contribution in [-0.4, -0.2) is 16.9 Å². The van der Waals surface area contributed by atoms with Gasteiger partial charge in [0.05, 0.1) is 0 Å². The van der Waals surface area contributed by atoms with Crippen LogP contribution in [0.5, 0.6) is 0 Å². The van der Waals surface area contributed by atoms with Crippen molar-refractivity contribution in [3.05, 3.63) is 66.4 Å². The van der Waals surface area contributed by atoms with Gasteiger partial charge >= 0.3 is 0 Å². The molecule has 0 saturated heterocycles. The summed E-state index contributed by atoms with van der Waals surface area (Å²) >= 11 is 0. The van der Waals surface area contributed by atoms with Crippen LogP contribution in [0.15, 0.2) is 60.8 Å². The number of carbonyl (C=O) groups is 1. The first kappa shape index (κ1) is 16.3. The number of nitrogens with zero attached hydrogens (tertiary/aromatic N) is 1. The van der Waals surface area contributed by atoms with E-state index >= 15 is 0 Å². The number of aromatic nitrogens is 1. The van der Waals surface area contributed by atoms with Gasteiger partial charge in [-0.05, 0) is 36.6 Å². The lowest BCUT2D eigenvalue weighted by Gasteiger charge is -2.31. The Morgan fingerprint density at radius 3 is 2.50 bits per heavy atom. The molecule has 3 nitrogen and oxygen atoms in total. The van der Waals surface area contributed by atoms with E-state index in [1.54, 1.807) is 6.92 Å². The van der Waals surface area contributed by atoms with Gasteiger partial charge in [0.2, 0.25) is 5.91 Å². The number of hydrogen-bond acceptors (Lipinski definition) is 1. The molecule has 1 N–H and O–H groups in total. The lowest BCUT2D eigenvalue weighted by atomic mass is 9.99. The number of hydrogen-bond donors (Lipinski definition) is 1. The molecule has 3 aromatic rings. The highest BCUT2D eigenvalue weighted by atomic mass is 16.2. The van der Waals surface area contributed by atoms with Gasteiger partial charge in [0.15, 0.2) is 0 Å². The number of nitrogens with one attached hydrogen (secondary N) is 1. The minimum Gasteiger partial charge on any atom is -0.361 e. The number of fused-ring (bicyclic) bond motifs is 1. The van der Waals surface area contributed by atoms with E-state index < -0.39 is 0 Å². The molecule has 1 aromatic heterocycles. The van der Waals surface area contributed by atoms with Crippen LogP contribution in [0.2, 0.25) is 0 Å². The lowest BCUT2D eigenvalue weighted by Crippen LogP contribution is -2.40. The van der Waals surface area contributed by atoms with Gasteiger partial charge in [0.1, 0.15) is 0 Å². The van der Waals surface area contributed by atoms with Crippen molar-refractivity contribution < 1.29 is 4.79 Å². The summed E-state index contributed by atoms with van der Waals surface area (Å²) in [5.41, 5.74) is 3.39. The van der Waals surface area contributed by atoms with Gasteiger partial charge in [0, 0.05) is 35.8 Å². The highest BCUT2D eigenvalue weighted by molar-refractivity contribution is 5.92. The Morgan fingerprint density at radius 1 is 1.08 bits per heavy atom. The van der Waals surface area contributed by atoms with E-state index in [4.69, 9.17) is 0 Å². The van der Waals surface area contributed by atoms with E-state index in [1.807, 2.05) is 41.3 Å². The third kappa shape index (κ3) is 3.35. The monoisotopic (exact) mass is 320 g/mol. The maximum atomic E-state index is 12.4. The molecule has 24 heavy (non-hydrogen) atoms. The summed E-state index contributed by atoms with van der Waals surface area (Å²) in [5.74, 6) is 0.0968. The first-order valence-electron chi connectivity index (χ1n) is 8.60. The maximum Gasteiger partial charge on any atom is 0.224 e. The van der Waals surface area contributed by atoms with E-state index in [1.165, 1.54) is 10.9 Å². The number of para-hydroxylation sites is 2. The second kappa shape index (κ2) is 7.35. The van der Waals surface area contributed by atoms with E-state index in [9.17, 15) is 4.79 Å². The number of anilines is 1. The molecule has 0 radical (unpaired) electrons. The van der Waals surface area contributed by atoms with Gasteiger partial charge in [-0.25, -0.2) is 0 Å². The van der Waals surface area contributed by atoms with Crippen molar-refractivity contribution in [1.29, 1.82) is 0 Å². The Bertz CT molecular complexity index is 807. The Balaban J connectivity index is 1.94. The van der Waals surface area contributed by atoms with Gasteiger partial charge in [0.25, 0.3) is 0 Å². The Kier molecular flexibility index (Phi) is 4.99. The third-order valence-electron chi connectivity index (χ3n) is 4.49. The summed E-state index contributed by atoms with van der Waals surface area (Å²) in [5, 5.41) is 1.25. The lowest BCUT2D eigenvalue weighted by molar-refractivity contribution is -0.117. The van der Waals surface area contributed by atoms with Crippen molar-refractivity contribution in [2.75, 3.05) is 4.90 Å². The molecule has 0 aliphatic heterocycles. The number of benzene rings is 2. The van der Waals surface area contributed by atoms with Crippen molar-refractivity contribution in [3.8, 4) is 0 Å². The predicted molar refractivity (Wildman–Crippen MR) is 100 cm³/mol. The molecular weight excluding hydrogens is 296 g/mol. The van der Waals surface area contributed by atoms with Gasteiger partial charge in [-0.3, -0.25) is 4.79 Å². The molecule has 2 aromatic carbocycles. The summed E-state index contributed by atoms with van der Waals surface area (Å²) < 4.78 is 0. The molecule has 1 heterocycles. The molecule has 0 fully saturated rings. The average Bonchev–Trinajstić information content (AvgIpc) is 2.99. The van der Waals surface area contributed by atoms with E-state index in [2.05, 4.69) is 36.3 Å². The molecule has 0 bridgehead atoms. The molecule has 0 aliphatic carbocycles. The highest BCUT2D eigenvalue weighted by Crippen LogP contribution is 2.25. The summed E-state index contributed by atoms with van der Waals surface area (Å²) in [6, 6.07) is 18.5. The molecule has 3 rings (SSSR count). The van der Waals surface area contributed by atoms with Crippen molar-refractivity contribution in [2.24, 2.45) is 0 Å². The van der Waals surface area contributed by atoms with Crippen molar-refractivity contribution in [3.63, 3.8) is 0 Å². The quantitative estimate of drug-likeness (QED) is 0.686. The standard InChI is InChI=1S/C21H24N2O/c1-3-9-19(23(16(2)24)18-10-5-4-6-11-18)14-17-15-22-21-13-8-7-12-20(17)21/h4-8,10-13,15,19,22H,3,9,14H2,1-2H3. The zero-order chi connectivity index (χ0) is 16.9. The molecular formula is C21H24N2O. The zero-order valence-electron chi connectivity index (χ0n) is 14.3. The topological polar surface area (TPSA) is 36.1 Å². The number of amides is 1. The highest BCUT2D eigenvalue weighted by Gasteiger charge is 2.23. The van der Waals surface area contributed by atoms with Crippen LogP contribution in [0, 0.1) is 0 Å². The molecule has 0 spiro atoms. The van der Waals surface area contributed by atoms with Crippen LogP contribution in [0.3, 0.4) is 0 Å². The van der Waals surface area contributed by atoms with E-state index in [0.29, 0.717) is 0 Å². The van der Waals surface area contributed by atoms with Gasteiger partial charge in [-0.15, -0.1) is 0 Å². The van der Waals surface area contributed by atoms with Crippen molar-refractivity contribution in [2.45, 2.75) is 39.2 Å². The van der Waals surface area contributed by atoms with Crippen LogP contribution in [0.25, 0.3) is 10.9 Å². The van der Waals surface area contributed by atoms with Crippen molar-refractivity contribution >= 4 is 22.5 Å². The van der Waals surface area contributed by atoms with Crippen LogP contribution >= 0.6 is 0 Å². The van der Waals surface area contributed by atoms with Crippen LogP contribution in [0.1, 0.15) is 32.3 Å². The summed E-state index contributed by atoms with van der Waals surface area (Å²) in [4.78, 5) is 17.7. The second-order valence-corrected chi connectivity index (χ2v) is 6.23. The first-order valence-corrected chi connectivity index (χ1v) is 8.60. The van der Waals surface area contributed by atoms with Crippen LogP contribution in [0.4, 0.5) is 5.69 Å². The first-order chi connectivity index (χ1) is 11.7. The maximum absolute atomic E-state index is 12.4.